The van der Waals surface area contributed by atoms with E-state index in [0.717, 1.165) is 19.3 Å². The van der Waals surface area contributed by atoms with Crippen LogP contribution in [0.25, 0.3) is 0 Å². The Balaban J connectivity index is 6.21. The summed E-state index contributed by atoms with van der Waals surface area (Å²) in [5, 5.41) is -1.64. The maximum absolute atomic E-state index is 16.0. The molecule has 0 N–H and O–H groups in total. The van der Waals surface area contributed by atoms with Crippen LogP contribution in [0.5, 0.6) is 0 Å². The first-order valence-corrected chi connectivity index (χ1v) is 17.3. The van der Waals surface area contributed by atoms with Gasteiger partial charge < -0.3 is 13.0 Å². The van der Waals surface area contributed by atoms with Gasteiger partial charge in [0, 0.05) is 6.92 Å². The normalized spacial score (nSPS) is 18.7. The van der Waals surface area contributed by atoms with Gasteiger partial charge in [0.2, 0.25) is 0 Å². The second-order valence-electron chi connectivity index (χ2n) is 8.34. The van der Waals surface area contributed by atoms with Gasteiger partial charge in [-0.1, -0.05) is 39.0 Å². The lowest BCUT2D eigenvalue weighted by Crippen LogP contribution is -2.62. The highest BCUT2D eigenvalue weighted by Gasteiger charge is 2.68. The maximum atomic E-state index is 16.0. The molecule has 0 rings (SSSR count). The van der Waals surface area contributed by atoms with E-state index in [0.29, 0.717) is 6.42 Å². The van der Waals surface area contributed by atoms with Crippen LogP contribution in [0.15, 0.2) is 0 Å². The second-order valence-corrected chi connectivity index (χ2v) is 17.7. The Bertz CT molecular complexity index is 535. The molecule has 14 heteroatoms. The Morgan fingerprint density at radius 1 is 0.903 bits per heavy atom. The van der Waals surface area contributed by atoms with Gasteiger partial charge in [-0.15, -0.1) is 0 Å². The highest BCUT2D eigenvalue weighted by Crippen LogP contribution is 2.47. The lowest BCUT2D eigenvalue weighted by Gasteiger charge is -2.42. The summed E-state index contributed by atoms with van der Waals surface area (Å²) >= 11 is 0. The summed E-state index contributed by atoms with van der Waals surface area (Å²) in [6.45, 7) is 5.59. The van der Waals surface area contributed by atoms with E-state index in [1.165, 1.54) is 13.1 Å². The number of rotatable bonds is 15. The van der Waals surface area contributed by atoms with E-state index in [1.54, 1.807) is 13.1 Å². The minimum atomic E-state index is -6.18. The van der Waals surface area contributed by atoms with Crippen molar-refractivity contribution in [3.05, 3.63) is 0 Å². The minimum Gasteiger partial charge on any atom is -0.455 e. The number of unbranched alkanes of at least 4 members (excludes halogenated alkanes) is 4. The van der Waals surface area contributed by atoms with Gasteiger partial charge in [-0.3, -0.25) is 0 Å². The van der Waals surface area contributed by atoms with E-state index >= 15 is 4.11 Å². The number of alkyl halides is 7. The maximum Gasteiger partial charge on any atom is 0.549 e. The molecule has 3 atom stereocenters. The number of hydrogen-bond acceptors (Lipinski definition) is 3. The summed E-state index contributed by atoms with van der Waals surface area (Å²) in [7, 11) is -11.1. The fourth-order valence-electron chi connectivity index (χ4n) is 3.20. The number of halogens is 8. The van der Waals surface area contributed by atoms with Crippen molar-refractivity contribution >= 4 is 26.3 Å². The largest absolute Gasteiger partial charge is 0.549 e. The van der Waals surface area contributed by atoms with Gasteiger partial charge in [0.25, 0.3) is 5.85 Å². The molecule has 0 bridgehead atoms. The van der Waals surface area contributed by atoms with Crippen LogP contribution in [-0.4, -0.2) is 51.1 Å². The molecule has 0 aliphatic rings. The molecule has 31 heavy (non-hydrogen) atoms. The average Bonchev–Trinajstić information content (AvgIpc) is 2.54. The zero-order valence-electron chi connectivity index (χ0n) is 18.8. The number of hydrogen-bond donors (Lipinski definition) is 0. The molecule has 0 aromatic carbocycles. The lowest BCUT2D eigenvalue weighted by molar-refractivity contribution is -0.313. The molecule has 0 aromatic rings. The predicted octanol–water partition coefficient (Wildman–Crippen LogP) is 7.48. The molecular weight excluding hydrogens is 488 g/mol. The standard InChI is InChI=1S/C17H33F8O3Si3/c1-7-8-9-10-11-12-14(30(5,6)28-29(3)4)31(25,27-16(20,21)13-18)26-15(2,19)17(22,23)24/h14H,7-13H2,1-6H3. The van der Waals surface area contributed by atoms with Gasteiger partial charge in [0.1, 0.15) is 0 Å². The average molecular weight is 522 g/mol. The zero-order valence-corrected chi connectivity index (χ0v) is 21.8. The van der Waals surface area contributed by atoms with Crippen LogP contribution >= 0.6 is 0 Å². The molecule has 187 valence electrons. The van der Waals surface area contributed by atoms with Crippen molar-refractivity contribution in [2.24, 2.45) is 0 Å². The molecule has 3 unspecified atom stereocenters. The molecule has 0 aliphatic heterocycles. The van der Waals surface area contributed by atoms with Gasteiger partial charge in [-0.25, -0.2) is 12.9 Å². The van der Waals surface area contributed by atoms with Crippen LogP contribution in [0, 0.1) is 0 Å². The predicted molar refractivity (Wildman–Crippen MR) is 109 cm³/mol. The third-order valence-electron chi connectivity index (χ3n) is 4.60. The van der Waals surface area contributed by atoms with Crippen LogP contribution in [0.4, 0.5) is 34.8 Å². The molecule has 0 amide bonds. The molecule has 0 aliphatic carbocycles. The molecule has 0 heterocycles. The van der Waals surface area contributed by atoms with E-state index in [2.05, 4.69) is 8.85 Å². The van der Waals surface area contributed by atoms with E-state index < -0.39 is 56.2 Å². The molecule has 0 aromatic heterocycles. The smallest absolute Gasteiger partial charge is 0.455 e. The van der Waals surface area contributed by atoms with Crippen molar-refractivity contribution in [1.82, 2.24) is 0 Å². The highest BCUT2D eigenvalue weighted by atomic mass is 28.5. The summed E-state index contributed by atoms with van der Waals surface area (Å²) in [5.74, 6) is -4.60. The Morgan fingerprint density at radius 2 is 1.42 bits per heavy atom. The molecule has 3 nitrogen and oxygen atoms in total. The second kappa shape index (κ2) is 11.9. The summed E-state index contributed by atoms with van der Waals surface area (Å²) in [5.41, 5.74) is 0. The Labute approximate surface area is 183 Å². The molecular formula is C17H33F8O3Si3. The van der Waals surface area contributed by atoms with Crippen molar-refractivity contribution < 1.29 is 47.8 Å². The van der Waals surface area contributed by atoms with Gasteiger partial charge >= 0.3 is 21.2 Å². The van der Waals surface area contributed by atoms with E-state index in [1.807, 2.05) is 6.92 Å². The highest BCUT2D eigenvalue weighted by molar-refractivity contribution is 6.90. The SMILES string of the molecule is CCCCCCCC([Si](C)(C)O[Si](C)C)[Si](F)(OC(F)(F)CF)OC(C)(F)C(F)(F)F. The van der Waals surface area contributed by atoms with Crippen molar-refractivity contribution in [3.8, 4) is 0 Å². The topological polar surface area (TPSA) is 27.7 Å². The summed E-state index contributed by atoms with van der Waals surface area (Å²) in [6.07, 6.45) is -7.35. The lowest BCUT2D eigenvalue weighted by atomic mass is 10.1. The Hall–Kier alpha value is -0.0294. The van der Waals surface area contributed by atoms with E-state index in [-0.39, 0.29) is 19.8 Å². The Morgan fingerprint density at radius 3 is 1.84 bits per heavy atom. The third-order valence-corrected chi connectivity index (χ3v) is 15.8. The molecule has 0 spiro atoms. The quantitative estimate of drug-likeness (QED) is 0.0968. The van der Waals surface area contributed by atoms with Crippen molar-refractivity contribution in [2.75, 3.05) is 6.67 Å². The van der Waals surface area contributed by atoms with Crippen molar-refractivity contribution in [2.45, 2.75) is 102 Å². The van der Waals surface area contributed by atoms with Crippen molar-refractivity contribution in [3.63, 3.8) is 0 Å². The van der Waals surface area contributed by atoms with Crippen LogP contribution in [0.2, 0.25) is 31.4 Å². The monoisotopic (exact) mass is 521 g/mol. The van der Waals surface area contributed by atoms with Gasteiger partial charge in [0.15, 0.2) is 24.0 Å². The summed E-state index contributed by atoms with van der Waals surface area (Å²) in [6, 6.07) is 0. The fourth-order valence-corrected chi connectivity index (χ4v) is 15.1. The van der Waals surface area contributed by atoms with Crippen LogP contribution in [0.1, 0.15) is 52.4 Å². The van der Waals surface area contributed by atoms with Crippen molar-refractivity contribution in [1.29, 1.82) is 0 Å². The molecule has 0 saturated heterocycles. The summed E-state index contributed by atoms with van der Waals surface area (Å²) < 4.78 is 123. The molecule has 0 saturated carbocycles. The zero-order chi connectivity index (χ0) is 24.7. The molecule has 0 fully saturated rings. The third kappa shape index (κ3) is 10.2. The minimum absolute atomic E-state index is 0.117. The van der Waals surface area contributed by atoms with E-state index in [4.69, 9.17) is 4.12 Å². The first-order chi connectivity index (χ1) is 13.8. The summed E-state index contributed by atoms with van der Waals surface area (Å²) in [4.78, 5) is 0. The Kier molecular flexibility index (Phi) is 11.9. The first-order valence-electron chi connectivity index (χ1n) is 10.1. The van der Waals surface area contributed by atoms with Crippen LogP contribution in [-0.2, 0) is 13.0 Å². The first kappa shape index (κ1) is 31.0. The van der Waals surface area contributed by atoms with Gasteiger partial charge in [0.05, 0.1) is 5.16 Å². The van der Waals surface area contributed by atoms with Crippen LogP contribution in [0.3, 0.4) is 0 Å². The van der Waals surface area contributed by atoms with E-state index in [9.17, 15) is 30.7 Å². The molecule has 1 radical (unpaired) electrons. The van der Waals surface area contributed by atoms with Gasteiger partial charge in [-0.2, -0.15) is 22.0 Å². The van der Waals surface area contributed by atoms with Crippen LogP contribution < -0.4 is 0 Å². The fraction of sp³-hybridized carbons (Fsp3) is 1.00. The van der Waals surface area contributed by atoms with Gasteiger partial charge in [-0.05, 0) is 32.6 Å².